The van der Waals surface area contributed by atoms with Gasteiger partial charge >= 0.3 is 0 Å². The van der Waals surface area contributed by atoms with Gasteiger partial charge in [-0.1, -0.05) is 12.1 Å². The van der Waals surface area contributed by atoms with E-state index >= 15 is 0 Å². The Morgan fingerprint density at radius 1 is 1.45 bits per heavy atom. The molecule has 1 aromatic rings. The monoisotopic (exact) mass is 301 g/mol. The molecule has 2 rings (SSSR count). The molecule has 1 saturated heterocycles. The zero-order valence-electron chi connectivity index (χ0n) is 11.8. The van der Waals surface area contributed by atoms with Crippen molar-refractivity contribution in [3.8, 4) is 0 Å². The van der Waals surface area contributed by atoms with Crippen LogP contribution in [0.15, 0.2) is 18.2 Å². The van der Waals surface area contributed by atoms with Crippen molar-refractivity contribution in [2.24, 2.45) is 0 Å². The van der Waals surface area contributed by atoms with Gasteiger partial charge in [0.25, 0.3) is 0 Å². The van der Waals surface area contributed by atoms with E-state index in [1.54, 1.807) is 13.0 Å². The summed E-state index contributed by atoms with van der Waals surface area (Å²) in [5.41, 5.74) is 0.503. The molecule has 0 aliphatic carbocycles. The van der Waals surface area contributed by atoms with E-state index in [0.717, 1.165) is 18.4 Å². The first-order valence-electron chi connectivity index (χ1n) is 6.66. The second-order valence-electron chi connectivity index (χ2n) is 5.58. The minimum absolute atomic E-state index is 0.181. The SMILES string of the molecule is Cc1ccc(CS(=O)(=O)NC[C@@]2(C)CCCO2)c(F)c1. The molecule has 0 saturated carbocycles. The van der Waals surface area contributed by atoms with Gasteiger partial charge in [0.2, 0.25) is 10.0 Å². The minimum Gasteiger partial charge on any atom is -0.374 e. The molecule has 20 heavy (non-hydrogen) atoms. The molecule has 1 atom stereocenters. The zero-order chi connectivity index (χ0) is 14.8. The van der Waals surface area contributed by atoms with E-state index in [1.807, 2.05) is 6.92 Å². The quantitative estimate of drug-likeness (QED) is 0.906. The molecule has 0 bridgehead atoms. The summed E-state index contributed by atoms with van der Waals surface area (Å²) < 4.78 is 45.7. The fourth-order valence-electron chi connectivity index (χ4n) is 2.26. The number of aryl methyl sites for hydroxylation is 1. The summed E-state index contributed by atoms with van der Waals surface area (Å²) in [4.78, 5) is 0. The number of nitrogens with one attached hydrogen (secondary N) is 1. The highest BCUT2D eigenvalue weighted by Crippen LogP contribution is 2.24. The molecule has 1 aliphatic rings. The average molecular weight is 301 g/mol. The van der Waals surface area contributed by atoms with Crippen molar-refractivity contribution in [2.75, 3.05) is 13.2 Å². The maximum Gasteiger partial charge on any atom is 0.215 e. The van der Waals surface area contributed by atoms with Crippen LogP contribution in [0.25, 0.3) is 0 Å². The molecular formula is C14H20FNO3S. The minimum atomic E-state index is -3.57. The van der Waals surface area contributed by atoms with Crippen molar-refractivity contribution < 1.29 is 17.5 Å². The summed E-state index contributed by atoms with van der Waals surface area (Å²) >= 11 is 0. The number of benzene rings is 1. The first-order valence-corrected chi connectivity index (χ1v) is 8.31. The van der Waals surface area contributed by atoms with E-state index in [9.17, 15) is 12.8 Å². The van der Waals surface area contributed by atoms with E-state index in [1.165, 1.54) is 12.1 Å². The molecule has 1 N–H and O–H groups in total. The molecule has 6 heteroatoms. The van der Waals surface area contributed by atoms with Gasteiger partial charge in [0.05, 0.1) is 11.4 Å². The Bertz CT molecular complexity index is 580. The van der Waals surface area contributed by atoms with E-state index < -0.39 is 21.4 Å². The molecule has 0 radical (unpaired) electrons. The summed E-state index contributed by atoms with van der Waals surface area (Å²) in [5.74, 6) is -0.839. The Labute approximate surface area is 119 Å². The lowest BCUT2D eigenvalue weighted by Gasteiger charge is -2.23. The second-order valence-corrected chi connectivity index (χ2v) is 7.38. The third-order valence-electron chi connectivity index (χ3n) is 3.52. The van der Waals surface area contributed by atoms with Gasteiger partial charge in [-0.2, -0.15) is 0 Å². The lowest BCUT2D eigenvalue weighted by molar-refractivity contribution is 0.0250. The largest absolute Gasteiger partial charge is 0.374 e. The van der Waals surface area contributed by atoms with E-state index in [-0.39, 0.29) is 17.9 Å². The molecule has 1 heterocycles. The molecule has 4 nitrogen and oxygen atoms in total. The Kier molecular flexibility index (Phi) is 4.46. The molecule has 112 valence electrons. The van der Waals surface area contributed by atoms with Gasteiger partial charge in [0.15, 0.2) is 0 Å². The van der Waals surface area contributed by atoms with Gasteiger partial charge in [0, 0.05) is 18.7 Å². The molecule has 1 aromatic carbocycles. The highest BCUT2D eigenvalue weighted by atomic mass is 32.2. The third kappa shape index (κ3) is 4.01. The third-order valence-corrected chi connectivity index (χ3v) is 4.80. The molecule has 0 amide bonds. The van der Waals surface area contributed by atoms with Crippen LogP contribution in [-0.4, -0.2) is 27.2 Å². The number of hydrogen-bond acceptors (Lipinski definition) is 3. The smallest absolute Gasteiger partial charge is 0.215 e. The number of halogens is 1. The first-order chi connectivity index (χ1) is 9.30. The van der Waals surface area contributed by atoms with E-state index in [0.29, 0.717) is 6.61 Å². The molecule has 1 fully saturated rings. The average Bonchev–Trinajstić information content (AvgIpc) is 2.79. The lowest BCUT2D eigenvalue weighted by Crippen LogP contribution is -2.40. The predicted molar refractivity (Wildman–Crippen MR) is 75.4 cm³/mol. The van der Waals surface area contributed by atoms with E-state index in [2.05, 4.69) is 4.72 Å². The number of rotatable bonds is 5. The van der Waals surface area contributed by atoms with Crippen LogP contribution < -0.4 is 4.72 Å². The number of sulfonamides is 1. The number of ether oxygens (including phenoxy) is 1. The Balaban J connectivity index is 2.00. The first kappa shape index (κ1) is 15.4. The predicted octanol–water partition coefficient (Wildman–Crippen LogP) is 2.12. The van der Waals surface area contributed by atoms with Crippen LogP contribution in [0.1, 0.15) is 30.9 Å². The maximum absolute atomic E-state index is 13.7. The fraction of sp³-hybridized carbons (Fsp3) is 0.571. The van der Waals surface area contributed by atoms with Gasteiger partial charge in [-0.15, -0.1) is 0 Å². The standard InChI is InChI=1S/C14H20FNO3S/c1-11-4-5-12(13(15)8-11)9-20(17,18)16-10-14(2)6-3-7-19-14/h4-5,8,16H,3,6-7,9-10H2,1-2H3/t14-/m1/s1. The Hall–Kier alpha value is -0.980. The second kappa shape index (κ2) is 5.79. The van der Waals surface area contributed by atoms with Gasteiger partial charge in [-0.05, 0) is 38.3 Å². The molecular weight excluding hydrogens is 281 g/mol. The van der Waals surface area contributed by atoms with Crippen molar-refractivity contribution in [3.63, 3.8) is 0 Å². The van der Waals surface area contributed by atoms with Crippen molar-refractivity contribution >= 4 is 10.0 Å². The summed E-state index contributed by atoms with van der Waals surface area (Å²) in [5, 5.41) is 0. The van der Waals surface area contributed by atoms with E-state index in [4.69, 9.17) is 4.74 Å². The lowest BCUT2D eigenvalue weighted by atomic mass is 10.0. The molecule has 1 aliphatic heterocycles. The van der Waals surface area contributed by atoms with Crippen LogP contribution in [0.4, 0.5) is 4.39 Å². The Morgan fingerprint density at radius 2 is 2.20 bits per heavy atom. The zero-order valence-corrected chi connectivity index (χ0v) is 12.6. The molecule has 0 aromatic heterocycles. The van der Waals surface area contributed by atoms with Crippen LogP contribution in [0, 0.1) is 12.7 Å². The van der Waals surface area contributed by atoms with Gasteiger partial charge < -0.3 is 4.74 Å². The highest BCUT2D eigenvalue weighted by Gasteiger charge is 2.31. The summed E-state index contributed by atoms with van der Waals surface area (Å²) in [7, 11) is -3.57. The normalized spacial score (nSPS) is 23.1. The summed E-state index contributed by atoms with van der Waals surface area (Å²) in [6.07, 6.45) is 1.76. The van der Waals surface area contributed by atoms with Crippen LogP contribution in [0.2, 0.25) is 0 Å². The van der Waals surface area contributed by atoms with Gasteiger partial charge in [0.1, 0.15) is 5.82 Å². The van der Waals surface area contributed by atoms with Gasteiger partial charge in [-0.3, -0.25) is 0 Å². The van der Waals surface area contributed by atoms with Crippen LogP contribution in [0.5, 0.6) is 0 Å². The van der Waals surface area contributed by atoms with Crippen molar-refractivity contribution in [3.05, 3.63) is 35.1 Å². The summed E-state index contributed by atoms with van der Waals surface area (Å²) in [6, 6.07) is 4.55. The van der Waals surface area contributed by atoms with Crippen LogP contribution >= 0.6 is 0 Å². The van der Waals surface area contributed by atoms with Crippen molar-refractivity contribution in [1.82, 2.24) is 4.72 Å². The highest BCUT2D eigenvalue weighted by molar-refractivity contribution is 7.88. The maximum atomic E-state index is 13.7. The topological polar surface area (TPSA) is 55.4 Å². The van der Waals surface area contributed by atoms with Crippen molar-refractivity contribution in [1.29, 1.82) is 0 Å². The van der Waals surface area contributed by atoms with Gasteiger partial charge in [-0.25, -0.2) is 17.5 Å². The van der Waals surface area contributed by atoms with Crippen LogP contribution in [-0.2, 0) is 20.5 Å². The van der Waals surface area contributed by atoms with Crippen LogP contribution in [0.3, 0.4) is 0 Å². The summed E-state index contributed by atoms with van der Waals surface area (Å²) in [6.45, 7) is 4.53. The number of hydrogen-bond donors (Lipinski definition) is 1. The van der Waals surface area contributed by atoms with Crippen molar-refractivity contribution in [2.45, 2.75) is 38.0 Å². The fourth-order valence-corrected chi connectivity index (χ4v) is 3.53. The Morgan fingerprint density at radius 3 is 2.80 bits per heavy atom. The molecule has 0 unspecified atom stereocenters. The molecule has 0 spiro atoms.